The first kappa shape index (κ1) is 30.9. The lowest BCUT2D eigenvalue weighted by molar-refractivity contribution is -0.0383. The predicted octanol–water partition coefficient (Wildman–Crippen LogP) is 2.26. The lowest BCUT2D eigenvalue weighted by atomic mass is 9.88. The van der Waals surface area contributed by atoms with E-state index < -0.39 is 23.0 Å². The fourth-order valence-corrected chi connectivity index (χ4v) is 2.70. The van der Waals surface area contributed by atoms with Gasteiger partial charge in [-0.2, -0.15) is 0 Å². The van der Waals surface area contributed by atoms with E-state index in [1.165, 1.54) is 23.9 Å². The molecule has 0 aliphatic heterocycles. The summed E-state index contributed by atoms with van der Waals surface area (Å²) in [4.78, 5) is 27.2. The largest absolute Gasteiger partial charge is 0.449 e. The fraction of sp³-hybridized carbons (Fsp3) is 0.739. The number of rotatable bonds is 18. The lowest BCUT2D eigenvalue weighted by Gasteiger charge is -2.32. The van der Waals surface area contributed by atoms with Gasteiger partial charge < -0.3 is 29.2 Å². The number of carbonyl (C=O) groups is 2. The van der Waals surface area contributed by atoms with Gasteiger partial charge in [0.2, 0.25) is 0 Å². The third kappa shape index (κ3) is 11.0. The Morgan fingerprint density at radius 2 is 1.15 bits per heavy atom. The summed E-state index contributed by atoms with van der Waals surface area (Å²) in [7, 11) is 2.97. The zero-order valence-corrected chi connectivity index (χ0v) is 20.6. The molecule has 0 aromatic heterocycles. The van der Waals surface area contributed by atoms with Crippen molar-refractivity contribution in [3.05, 3.63) is 25.3 Å². The Hall–Kier alpha value is -2.14. The summed E-state index contributed by atoms with van der Waals surface area (Å²) in [5, 5.41) is 19.5. The minimum Gasteiger partial charge on any atom is -0.449 e. The van der Waals surface area contributed by atoms with Gasteiger partial charge in [-0.3, -0.25) is 9.80 Å². The highest BCUT2D eigenvalue weighted by Crippen LogP contribution is 2.24. The molecule has 192 valence electrons. The maximum absolute atomic E-state index is 12.4. The zero-order valence-electron chi connectivity index (χ0n) is 20.6. The molecule has 10 nitrogen and oxygen atoms in total. The van der Waals surface area contributed by atoms with Crippen LogP contribution in [0, 0.1) is 10.8 Å². The highest BCUT2D eigenvalue weighted by molar-refractivity contribution is 5.70. The van der Waals surface area contributed by atoms with Crippen LogP contribution in [0.3, 0.4) is 0 Å². The molecule has 0 fully saturated rings. The number of aliphatic hydroxyl groups is 2. The maximum atomic E-state index is 12.4. The van der Waals surface area contributed by atoms with Gasteiger partial charge in [0, 0.05) is 14.1 Å². The van der Waals surface area contributed by atoms with Gasteiger partial charge in [0.05, 0.1) is 50.5 Å². The second-order valence-electron chi connectivity index (χ2n) is 8.28. The molecule has 0 heterocycles. The van der Waals surface area contributed by atoms with Gasteiger partial charge >= 0.3 is 12.2 Å². The second kappa shape index (κ2) is 16.5. The molecule has 0 saturated heterocycles. The summed E-state index contributed by atoms with van der Waals surface area (Å²) in [6.07, 6.45) is 2.99. The van der Waals surface area contributed by atoms with E-state index in [-0.39, 0.29) is 46.3 Å². The van der Waals surface area contributed by atoms with Crippen molar-refractivity contribution in [2.45, 2.75) is 26.7 Å². The zero-order chi connectivity index (χ0) is 25.3. The Labute approximate surface area is 197 Å². The fourth-order valence-electron chi connectivity index (χ4n) is 2.70. The monoisotopic (exact) mass is 474 g/mol. The van der Waals surface area contributed by atoms with Gasteiger partial charge in [0.1, 0.15) is 19.9 Å². The standard InChI is InChI=1S/C23H42N2O8/c1-7-11-30-15-22(9-3,13-26)17-32-20(28)24(5)19-25(6)21(29)33-18-23(10-4,14-27)16-31-12-8-2/h7-8,26-27H,1-2,9-19H2,3-6H3. The summed E-state index contributed by atoms with van der Waals surface area (Å²) in [5.74, 6) is 0. The predicted molar refractivity (Wildman–Crippen MR) is 125 cm³/mol. The van der Waals surface area contributed by atoms with Crippen LogP contribution in [0.15, 0.2) is 25.3 Å². The summed E-state index contributed by atoms with van der Waals surface area (Å²) in [6.45, 7) is 11.5. The van der Waals surface area contributed by atoms with Gasteiger partial charge in [0.15, 0.2) is 0 Å². The molecule has 2 unspecified atom stereocenters. The van der Waals surface area contributed by atoms with Gasteiger partial charge in [-0.25, -0.2) is 9.59 Å². The molecular formula is C23H42N2O8. The minimum atomic E-state index is -0.716. The van der Waals surface area contributed by atoms with Crippen molar-refractivity contribution in [1.82, 2.24) is 9.80 Å². The first-order valence-corrected chi connectivity index (χ1v) is 11.0. The molecule has 0 aromatic carbocycles. The van der Waals surface area contributed by atoms with Crippen molar-refractivity contribution in [1.29, 1.82) is 0 Å². The van der Waals surface area contributed by atoms with Gasteiger partial charge in [-0.15, -0.1) is 13.2 Å². The molecule has 2 N–H and O–H groups in total. The molecule has 0 aromatic rings. The average molecular weight is 475 g/mol. The van der Waals surface area contributed by atoms with E-state index in [4.69, 9.17) is 18.9 Å². The number of hydrogen-bond donors (Lipinski definition) is 2. The first-order valence-electron chi connectivity index (χ1n) is 11.0. The van der Waals surface area contributed by atoms with Crippen LogP contribution in [0.5, 0.6) is 0 Å². The molecule has 2 atom stereocenters. The molecule has 0 bridgehead atoms. The van der Waals surface area contributed by atoms with Crippen LogP contribution >= 0.6 is 0 Å². The van der Waals surface area contributed by atoms with E-state index in [0.717, 1.165) is 0 Å². The number of amides is 2. The third-order valence-electron chi connectivity index (χ3n) is 5.51. The van der Waals surface area contributed by atoms with Crippen LogP contribution in [0.2, 0.25) is 0 Å². The molecule has 0 spiro atoms. The van der Waals surface area contributed by atoms with Crippen LogP contribution in [-0.2, 0) is 18.9 Å². The molecule has 0 saturated carbocycles. The summed E-state index contributed by atoms with van der Waals surface area (Å²) < 4.78 is 21.6. The van der Waals surface area contributed by atoms with Crippen molar-refractivity contribution >= 4 is 12.2 Å². The number of hydrogen-bond acceptors (Lipinski definition) is 8. The van der Waals surface area contributed by atoms with Crippen LogP contribution in [-0.4, -0.2) is 106 Å². The molecule has 0 radical (unpaired) electrons. The van der Waals surface area contributed by atoms with E-state index in [1.807, 2.05) is 13.8 Å². The average Bonchev–Trinajstić information content (AvgIpc) is 2.83. The number of nitrogens with zero attached hydrogens (tertiary/aromatic N) is 2. The van der Waals surface area contributed by atoms with Crippen LogP contribution in [0.4, 0.5) is 9.59 Å². The second-order valence-corrected chi connectivity index (χ2v) is 8.28. The van der Waals surface area contributed by atoms with Crippen LogP contribution in [0.25, 0.3) is 0 Å². The smallest absolute Gasteiger partial charge is 0.410 e. The van der Waals surface area contributed by atoms with E-state index in [2.05, 4.69) is 13.2 Å². The SMILES string of the molecule is C=CCOCC(CC)(CO)COC(=O)N(C)CN(C)C(=O)OCC(CC)(CO)COCC=C. The molecular weight excluding hydrogens is 432 g/mol. The highest BCUT2D eigenvalue weighted by Gasteiger charge is 2.32. The van der Waals surface area contributed by atoms with Crippen molar-refractivity contribution in [3.63, 3.8) is 0 Å². The molecule has 2 amide bonds. The quantitative estimate of drug-likeness (QED) is 0.176. The Morgan fingerprint density at radius 1 is 0.788 bits per heavy atom. The van der Waals surface area contributed by atoms with Crippen LogP contribution < -0.4 is 0 Å². The number of carbonyl (C=O) groups excluding carboxylic acids is 2. The van der Waals surface area contributed by atoms with Gasteiger partial charge in [-0.05, 0) is 12.8 Å². The van der Waals surface area contributed by atoms with E-state index in [0.29, 0.717) is 26.1 Å². The highest BCUT2D eigenvalue weighted by atomic mass is 16.6. The Bertz CT molecular complexity index is 541. The van der Waals surface area contributed by atoms with Crippen molar-refractivity contribution in [2.75, 3.05) is 73.6 Å². The van der Waals surface area contributed by atoms with Crippen LogP contribution in [0.1, 0.15) is 26.7 Å². The minimum absolute atomic E-state index is 0.0330. The van der Waals surface area contributed by atoms with Gasteiger partial charge in [-0.1, -0.05) is 26.0 Å². The van der Waals surface area contributed by atoms with E-state index >= 15 is 0 Å². The Balaban J connectivity index is 4.73. The topological polar surface area (TPSA) is 118 Å². The van der Waals surface area contributed by atoms with Crippen molar-refractivity contribution < 1.29 is 38.7 Å². The summed E-state index contributed by atoms with van der Waals surface area (Å²) in [5.41, 5.74) is -1.43. The molecule has 0 rings (SSSR count). The Kier molecular flexibility index (Phi) is 15.4. The van der Waals surface area contributed by atoms with E-state index in [9.17, 15) is 19.8 Å². The summed E-state index contributed by atoms with van der Waals surface area (Å²) in [6, 6.07) is 0. The Morgan fingerprint density at radius 3 is 1.42 bits per heavy atom. The molecule has 33 heavy (non-hydrogen) atoms. The molecule has 10 heteroatoms. The maximum Gasteiger partial charge on any atom is 0.410 e. The van der Waals surface area contributed by atoms with Crippen molar-refractivity contribution in [2.24, 2.45) is 10.8 Å². The molecule has 0 aliphatic carbocycles. The van der Waals surface area contributed by atoms with E-state index in [1.54, 1.807) is 12.2 Å². The van der Waals surface area contributed by atoms with Gasteiger partial charge in [0.25, 0.3) is 0 Å². The third-order valence-corrected chi connectivity index (χ3v) is 5.51. The summed E-state index contributed by atoms with van der Waals surface area (Å²) >= 11 is 0. The van der Waals surface area contributed by atoms with Crippen molar-refractivity contribution in [3.8, 4) is 0 Å². The lowest BCUT2D eigenvalue weighted by Crippen LogP contribution is -2.44. The number of aliphatic hydroxyl groups excluding tert-OH is 2. The first-order chi connectivity index (χ1) is 15.7. The molecule has 0 aliphatic rings. The number of ether oxygens (including phenoxy) is 4. The normalized spacial score (nSPS) is 14.5.